The van der Waals surface area contributed by atoms with Crippen LogP contribution in [0.5, 0.6) is 5.75 Å². The zero-order valence-corrected chi connectivity index (χ0v) is 13.0. The molecule has 0 unspecified atom stereocenters. The third kappa shape index (κ3) is 3.64. The lowest BCUT2D eigenvalue weighted by molar-refractivity contribution is -0.384. The van der Waals surface area contributed by atoms with Gasteiger partial charge >= 0.3 is 0 Å². The van der Waals surface area contributed by atoms with Crippen LogP contribution < -0.4 is 0 Å². The predicted octanol–water partition coefficient (Wildman–Crippen LogP) is 4.46. The van der Waals surface area contributed by atoms with Crippen LogP contribution in [0.1, 0.15) is 16.1 Å². The van der Waals surface area contributed by atoms with Gasteiger partial charge in [0, 0.05) is 23.3 Å². The number of hydrogen-bond donors (Lipinski definition) is 1. The number of allylic oxidation sites excluding steroid dienone is 1. The molecular weight excluding hydrogens is 322 g/mol. The van der Waals surface area contributed by atoms with E-state index in [1.807, 2.05) is 0 Å². The van der Waals surface area contributed by atoms with Gasteiger partial charge in [0.2, 0.25) is 0 Å². The lowest BCUT2D eigenvalue weighted by Gasteiger charge is -2.06. The zero-order chi connectivity index (χ0) is 17.8. The monoisotopic (exact) mass is 335 g/mol. The molecule has 124 valence electrons. The fourth-order valence-corrected chi connectivity index (χ4v) is 2.32. The smallest absolute Gasteiger partial charge is 0.269 e. The molecule has 6 nitrogen and oxygen atoms in total. The van der Waals surface area contributed by atoms with E-state index in [4.69, 9.17) is 4.42 Å². The molecule has 0 aliphatic carbocycles. The van der Waals surface area contributed by atoms with Crippen LogP contribution in [0.3, 0.4) is 0 Å². The highest BCUT2D eigenvalue weighted by molar-refractivity contribution is 6.07. The summed E-state index contributed by atoms with van der Waals surface area (Å²) in [5.41, 5.74) is 1.34. The molecular formula is C19H13NO5. The molecule has 0 spiro atoms. The number of furan rings is 1. The van der Waals surface area contributed by atoms with E-state index in [0.717, 1.165) is 0 Å². The maximum absolute atomic E-state index is 12.3. The molecule has 0 radical (unpaired) electrons. The number of non-ortho nitro benzene ring substituents is 1. The first-order valence-electron chi connectivity index (χ1n) is 7.38. The maximum Gasteiger partial charge on any atom is 0.269 e. The Kier molecular flexibility index (Phi) is 4.43. The topological polar surface area (TPSA) is 93.6 Å². The average molecular weight is 335 g/mol. The summed E-state index contributed by atoms with van der Waals surface area (Å²) in [5, 5.41) is 20.8. The van der Waals surface area contributed by atoms with Crippen LogP contribution in [0.2, 0.25) is 0 Å². The second-order valence-electron chi connectivity index (χ2n) is 5.25. The standard InChI is InChI=1S/C19H13NO5/c21-18(10-8-16-2-1-11-25-16)14-5-9-19(22)17(12-14)13-3-6-15(7-4-13)20(23)24/h1-12,22H/b10-8+. The molecule has 0 atom stereocenters. The minimum Gasteiger partial charge on any atom is -0.507 e. The van der Waals surface area contributed by atoms with E-state index in [-0.39, 0.29) is 17.2 Å². The largest absolute Gasteiger partial charge is 0.507 e. The van der Waals surface area contributed by atoms with Crippen molar-refractivity contribution in [2.75, 3.05) is 0 Å². The number of rotatable bonds is 5. The van der Waals surface area contributed by atoms with Crippen molar-refractivity contribution in [2.45, 2.75) is 0 Å². The van der Waals surface area contributed by atoms with Crippen LogP contribution in [0.25, 0.3) is 17.2 Å². The molecule has 0 aliphatic rings. The van der Waals surface area contributed by atoms with Gasteiger partial charge in [-0.05, 0) is 60.2 Å². The van der Waals surface area contributed by atoms with E-state index >= 15 is 0 Å². The van der Waals surface area contributed by atoms with Crippen molar-refractivity contribution in [1.29, 1.82) is 0 Å². The van der Waals surface area contributed by atoms with Crippen molar-refractivity contribution in [3.8, 4) is 16.9 Å². The van der Waals surface area contributed by atoms with Crippen LogP contribution in [0.4, 0.5) is 5.69 Å². The van der Waals surface area contributed by atoms with Gasteiger partial charge in [0.1, 0.15) is 11.5 Å². The molecule has 0 saturated carbocycles. The first-order valence-corrected chi connectivity index (χ1v) is 7.38. The number of benzene rings is 2. The van der Waals surface area contributed by atoms with Crippen molar-refractivity contribution in [1.82, 2.24) is 0 Å². The quantitative estimate of drug-likeness (QED) is 0.321. The third-order valence-electron chi connectivity index (χ3n) is 3.61. The summed E-state index contributed by atoms with van der Waals surface area (Å²) >= 11 is 0. The van der Waals surface area contributed by atoms with Crippen LogP contribution in [0.15, 0.2) is 71.4 Å². The Hall–Kier alpha value is -3.67. The number of phenols is 1. The molecule has 1 N–H and O–H groups in total. The predicted molar refractivity (Wildman–Crippen MR) is 92.3 cm³/mol. The number of ketones is 1. The number of nitrogens with zero attached hydrogens (tertiary/aromatic N) is 1. The Morgan fingerprint density at radius 2 is 1.88 bits per heavy atom. The number of nitro groups is 1. The molecule has 25 heavy (non-hydrogen) atoms. The van der Waals surface area contributed by atoms with Gasteiger partial charge in [-0.15, -0.1) is 0 Å². The average Bonchev–Trinajstić information content (AvgIpc) is 3.14. The zero-order valence-electron chi connectivity index (χ0n) is 13.0. The molecule has 0 bridgehead atoms. The van der Waals surface area contributed by atoms with E-state index in [1.54, 1.807) is 24.3 Å². The molecule has 2 aromatic carbocycles. The highest BCUT2D eigenvalue weighted by Gasteiger charge is 2.11. The molecule has 3 rings (SSSR count). The number of carbonyl (C=O) groups is 1. The second-order valence-corrected chi connectivity index (χ2v) is 5.25. The lowest BCUT2D eigenvalue weighted by Crippen LogP contribution is -1.95. The molecule has 1 aromatic heterocycles. The first-order chi connectivity index (χ1) is 12.0. The Morgan fingerprint density at radius 3 is 2.52 bits per heavy atom. The normalized spacial score (nSPS) is 10.9. The number of phenolic OH excluding ortho intramolecular Hbond substituents is 1. The van der Waals surface area contributed by atoms with Crippen LogP contribution in [-0.4, -0.2) is 15.8 Å². The Balaban J connectivity index is 1.89. The van der Waals surface area contributed by atoms with Gasteiger partial charge in [0.15, 0.2) is 5.78 Å². The van der Waals surface area contributed by atoms with Gasteiger partial charge in [0.05, 0.1) is 11.2 Å². The Morgan fingerprint density at radius 1 is 1.12 bits per heavy atom. The summed E-state index contributed by atoms with van der Waals surface area (Å²) < 4.78 is 5.13. The molecule has 0 amide bonds. The second kappa shape index (κ2) is 6.84. The van der Waals surface area contributed by atoms with Crippen molar-refractivity contribution in [3.05, 3.63) is 88.4 Å². The van der Waals surface area contributed by atoms with Gasteiger partial charge in [-0.1, -0.05) is 0 Å². The molecule has 3 aromatic rings. The molecule has 0 saturated heterocycles. The summed E-state index contributed by atoms with van der Waals surface area (Å²) in [6.07, 6.45) is 4.45. The van der Waals surface area contributed by atoms with Gasteiger partial charge in [-0.25, -0.2) is 0 Å². The molecule has 0 aliphatic heterocycles. The van der Waals surface area contributed by atoms with Crippen LogP contribution >= 0.6 is 0 Å². The number of aromatic hydroxyl groups is 1. The fraction of sp³-hybridized carbons (Fsp3) is 0. The van der Waals surface area contributed by atoms with Crippen LogP contribution in [0, 0.1) is 10.1 Å². The number of carbonyl (C=O) groups excluding carboxylic acids is 1. The van der Waals surface area contributed by atoms with E-state index in [0.29, 0.717) is 22.5 Å². The van der Waals surface area contributed by atoms with E-state index in [1.165, 1.54) is 48.7 Å². The maximum atomic E-state index is 12.3. The van der Waals surface area contributed by atoms with E-state index in [2.05, 4.69) is 0 Å². The minimum absolute atomic E-state index is 0.0135. The summed E-state index contributed by atoms with van der Waals surface area (Å²) in [4.78, 5) is 22.5. The minimum atomic E-state index is -0.497. The SMILES string of the molecule is O=C(/C=C/c1ccco1)c1ccc(O)c(-c2ccc([N+](=O)[O-])cc2)c1. The highest BCUT2D eigenvalue weighted by atomic mass is 16.6. The van der Waals surface area contributed by atoms with Crippen molar-refractivity contribution in [3.63, 3.8) is 0 Å². The molecule has 0 fully saturated rings. The Labute approximate surface area is 142 Å². The molecule has 1 heterocycles. The first kappa shape index (κ1) is 16.2. The summed E-state index contributed by atoms with van der Waals surface area (Å²) in [6.45, 7) is 0. The van der Waals surface area contributed by atoms with Crippen molar-refractivity contribution < 1.29 is 19.2 Å². The van der Waals surface area contributed by atoms with E-state index < -0.39 is 4.92 Å². The van der Waals surface area contributed by atoms with Crippen molar-refractivity contribution >= 4 is 17.5 Å². The van der Waals surface area contributed by atoms with Gasteiger partial charge < -0.3 is 9.52 Å². The van der Waals surface area contributed by atoms with Gasteiger partial charge in [0.25, 0.3) is 5.69 Å². The summed E-state index contributed by atoms with van der Waals surface area (Å²) in [6, 6.07) is 13.7. The van der Waals surface area contributed by atoms with Crippen LogP contribution in [-0.2, 0) is 0 Å². The lowest BCUT2D eigenvalue weighted by atomic mass is 9.99. The van der Waals surface area contributed by atoms with Crippen molar-refractivity contribution in [2.24, 2.45) is 0 Å². The summed E-state index contributed by atoms with van der Waals surface area (Å²) in [7, 11) is 0. The molecule has 6 heteroatoms. The number of nitro benzene ring substituents is 1. The van der Waals surface area contributed by atoms with Gasteiger partial charge in [-0.2, -0.15) is 0 Å². The number of hydrogen-bond acceptors (Lipinski definition) is 5. The third-order valence-corrected chi connectivity index (χ3v) is 3.61. The fourth-order valence-electron chi connectivity index (χ4n) is 2.32. The van der Waals surface area contributed by atoms with Gasteiger partial charge in [-0.3, -0.25) is 14.9 Å². The summed E-state index contributed by atoms with van der Waals surface area (Å²) in [5.74, 6) is 0.294. The Bertz CT molecular complexity index is 940. The van der Waals surface area contributed by atoms with E-state index in [9.17, 15) is 20.0 Å². The highest BCUT2D eigenvalue weighted by Crippen LogP contribution is 2.31.